The summed E-state index contributed by atoms with van der Waals surface area (Å²) in [6, 6.07) is 24.0. The van der Waals surface area contributed by atoms with Gasteiger partial charge < -0.3 is 20.3 Å². The molecule has 0 saturated heterocycles. The van der Waals surface area contributed by atoms with Crippen LogP contribution in [-0.2, 0) is 4.79 Å². The summed E-state index contributed by atoms with van der Waals surface area (Å²) in [5.74, 6) is 0.512. The summed E-state index contributed by atoms with van der Waals surface area (Å²) in [6.45, 7) is 3.03. The second kappa shape index (κ2) is 13.8. The van der Waals surface area contributed by atoms with E-state index in [4.69, 9.17) is 4.74 Å². The molecule has 2 amide bonds. The number of ether oxygens (including phenoxy) is 1. The lowest BCUT2D eigenvalue weighted by Gasteiger charge is -2.17. The molecule has 0 aliphatic rings. The van der Waals surface area contributed by atoms with Crippen molar-refractivity contribution in [2.45, 2.75) is 39.0 Å². The van der Waals surface area contributed by atoms with E-state index in [1.165, 1.54) is 25.7 Å². The van der Waals surface area contributed by atoms with Gasteiger partial charge in [0.05, 0.1) is 13.2 Å². The van der Waals surface area contributed by atoms with Gasteiger partial charge in [-0.3, -0.25) is 9.59 Å². The number of para-hydroxylation sites is 1. The fourth-order valence-corrected chi connectivity index (χ4v) is 3.64. The zero-order valence-corrected chi connectivity index (χ0v) is 20.6. The molecule has 0 radical (unpaired) electrons. The Labute approximate surface area is 208 Å². The van der Waals surface area contributed by atoms with Crippen LogP contribution in [0.1, 0.15) is 49.4 Å². The number of nitrogens with one attached hydrogen (secondary N) is 2. The van der Waals surface area contributed by atoms with Crippen LogP contribution in [-0.4, -0.2) is 32.0 Å². The highest BCUT2D eigenvalue weighted by Gasteiger charge is 2.13. The fourth-order valence-electron chi connectivity index (χ4n) is 3.64. The average molecular weight is 474 g/mol. The Morgan fingerprint density at radius 2 is 1.57 bits per heavy atom. The number of anilines is 3. The molecule has 184 valence electrons. The summed E-state index contributed by atoms with van der Waals surface area (Å²) in [6.07, 6.45) is 5.99. The summed E-state index contributed by atoms with van der Waals surface area (Å²) in [5.41, 5.74) is 2.83. The lowest BCUT2D eigenvalue weighted by atomic mass is 10.1. The van der Waals surface area contributed by atoms with Gasteiger partial charge in [0.15, 0.2) is 0 Å². The van der Waals surface area contributed by atoms with Crippen molar-refractivity contribution in [1.29, 1.82) is 0 Å². The molecule has 3 aromatic carbocycles. The number of unbranched alkanes of at least 4 members (excludes halogenated alkanes) is 4. The van der Waals surface area contributed by atoms with Crippen molar-refractivity contribution < 1.29 is 14.3 Å². The maximum Gasteiger partial charge on any atom is 0.258 e. The molecule has 3 rings (SSSR count). The molecule has 0 aliphatic carbocycles. The van der Waals surface area contributed by atoms with E-state index < -0.39 is 0 Å². The number of nitrogens with zero attached hydrogens (tertiary/aromatic N) is 1. The molecule has 0 bridgehead atoms. The van der Waals surface area contributed by atoms with Gasteiger partial charge in [0.2, 0.25) is 5.91 Å². The van der Waals surface area contributed by atoms with E-state index in [-0.39, 0.29) is 18.4 Å². The van der Waals surface area contributed by atoms with Crippen LogP contribution in [0.3, 0.4) is 0 Å². The largest absolute Gasteiger partial charge is 0.494 e. The van der Waals surface area contributed by atoms with Gasteiger partial charge in [0.1, 0.15) is 5.75 Å². The molecule has 0 saturated carbocycles. The number of benzene rings is 3. The fraction of sp³-hybridized carbons (Fsp3) is 0.310. The topological polar surface area (TPSA) is 70.7 Å². The summed E-state index contributed by atoms with van der Waals surface area (Å²) in [5, 5.41) is 5.99. The Morgan fingerprint density at radius 3 is 2.31 bits per heavy atom. The van der Waals surface area contributed by atoms with Crippen LogP contribution in [0, 0.1) is 0 Å². The molecule has 0 atom stereocenters. The van der Waals surface area contributed by atoms with Gasteiger partial charge in [-0.2, -0.15) is 0 Å². The van der Waals surface area contributed by atoms with Gasteiger partial charge in [-0.15, -0.1) is 0 Å². The molecule has 6 nitrogen and oxygen atoms in total. The van der Waals surface area contributed by atoms with Crippen LogP contribution in [0.2, 0.25) is 0 Å². The van der Waals surface area contributed by atoms with Gasteiger partial charge in [-0.1, -0.05) is 56.9 Å². The van der Waals surface area contributed by atoms with E-state index in [9.17, 15) is 9.59 Å². The average Bonchev–Trinajstić information content (AvgIpc) is 2.90. The molecule has 35 heavy (non-hydrogen) atoms. The minimum atomic E-state index is -0.173. The Balaban J connectivity index is 1.44. The quantitative estimate of drug-likeness (QED) is 0.283. The highest BCUT2D eigenvalue weighted by atomic mass is 16.5. The minimum Gasteiger partial charge on any atom is -0.494 e. The van der Waals surface area contributed by atoms with E-state index in [1.54, 1.807) is 36.2 Å². The Bertz CT molecular complexity index is 1070. The Morgan fingerprint density at radius 1 is 0.829 bits per heavy atom. The molecule has 0 unspecified atom stereocenters. The van der Waals surface area contributed by atoms with Crippen LogP contribution in [0.15, 0.2) is 78.9 Å². The first kappa shape index (κ1) is 25.8. The molecular weight excluding hydrogens is 438 g/mol. The number of hydrogen-bond donors (Lipinski definition) is 2. The molecule has 0 aliphatic heterocycles. The number of carbonyl (C=O) groups is 2. The van der Waals surface area contributed by atoms with Crippen molar-refractivity contribution in [1.82, 2.24) is 0 Å². The highest BCUT2D eigenvalue weighted by Crippen LogP contribution is 2.19. The molecule has 3 aromatic rings. The third-order valence-corrected chi connectivity index (χ3v) is 5.67. The van der Waals surface area contributed by atoms with E-state index >= 15 is 0 Å². The first-order chi connectivity index (χ1) is 17.1. The van der Waals surface area contributed by atoms with Gasteiger partial charge in [0.25, 0.3) is 5.91 Å². The van der Waals surface area contributed by atoms with Crippen LogP contribution >= 0.6 is 0 Å². The molecular formula is C29H35N3O3. The second-order valence-electron chi connectivity index (χ2n) is 8.47. The third-order valence-electron chi connectivity index (χ3n) is 5.67. The van der Waals surface area contributed by atoms with Crippen LogP contribution in [0.5, 0.6) is 5.75 Å². The lowest BCUT2D eigenvalue weighted by Crippen LogP contribution is -2.26. The summed E-state index contributed by atoms with van der Waals surface area (Å²) in [4.78, 5) is 26.7. The van der Waals surface area contributed by atoms with Crippen LogP contribution in [0.4, 0.5) is 17.1 Å². The van der Waals surface area contributed by atoms with Crippen molar-refractivity contribution in [3.05, 3.63) is 84.4 Å². The number of carbonyl (C=O) groups excluding carboxylic acids is 2. The number of amides is 2. The van der Waals surface area contributed by atoms with Gasteiger partial charge in [-0.05, 0) is 55.0 Å². The molecule has 2 N–H and O–H groups in total. The zero-order chi connectivity index (χ0) is 24.9. The SMILES string of the molecule is CCCCCCCOc1cccc(NCC(=O)Nc2ccc(C(=O)N(C)c3ccccc3)cc2)c1. The van der Waals surface area contributed by atoms with Gasteiger partial charge in [0, 0.05) is 35.7 Å². The van der Waals surface area contributed by atoms with E-state index in [0.717, 1.165) is 23.5 Å². The van der Waals surface area contributed by atoms with Crippen LogP contribution in [0.25, 0.3) is 0 Å². The maximum absolute atomic E-state index is 12.7. The Kier molecular flexibility index (Phi) is 10.2. The minimum absolute atomic E-state index is 0.112. The molecule has 0 fully saturated rings. The normalized spacial score (nSPS) is 10.5. The molecule has 0 aromatic heterocycles. The standard InChI is InChI=1S/C29H35N3O3/c1-3-4-5-6-10-20-35-27-15-11-12-25(21-27)30-22-28(33)31-24-18-16-23(17-19-24)29(34)32(2)26-13-8-7-9-14-26/h7-9,11-19,21,30H,3-6,10,20,22H2,1-2H3,(H,31,33). The predicted octanol–water partition coefficient (Wildman–Crippen LogP) is 6.36. The smallest absolute Gasteiger partial charge is 0.258 e. The first-order valence-electron chi connectivity index (χ1n) is 12.3. The number of rotatable bonds is 13. The Hall–Kier alpha value is -3.80. The second-order valence-corrected chi connectivity index (χ2v) is 8.47. The van der Waals surface area contributed by atoms with E-state index in [0.29, 0.717) is 17.9 Å². The predicted molar refractivity (Wildman–Crippen MR) is 143 cm³/mol. The van der Waals surface area contributed by atoms with Gasteiger partial charge in [-0.25, -0.2) is 0 Å². The van der Waals surface area contributed by atoms with Crippen LogP contribution < -0.4 is 20.3 Å². The zero-order valence-electron chi connectivity index (χ0n) is 20.6. The first-order valence-corrected chi connectivity index (χ1v) is 12.3. The van der Waals surface area contributed by atoms with Crippen molar-refractivity contribution in [3.63, 3.8) is 0 Å². The summed E-state index contributed by atoms with van der Waals surface area (Å²) < 4.78 is 5.83. The molecule has 0 spiro atoms. The molecule has 6 heteroatoms. The summed E-state index contributed by atoms with van der Waals surface area (Å²) >= 11 is 0. The van der Waals surface area contributed by atoms with Crippen molar-refractivity contribution in [2.75, 3.05) is 35.7 Å². The van der Waals surface area contributed by atoms with Crippen molar-refractivity contribution in [3.8, 4) is 5.75 Å². The van der Waals surface area contributed by atoms with E-state index in [2.05, 4.69) is 17.6 Å². The van der Waals surface area contributed by atoms with Crippen molar-refractivity contribution >= 4 is 28.9 Å². The van der Waals surface area contributed by atoms with Crippen molar-refractivity contribution in [2.24, 2.45) is 0 Å². The van der Waals surface area contributed by atoms with E-state index in [1.807, 2.05) is 54.6 Å². The highest BCUT2D eigenvalue weighted by molar-refractivity contribution is 6.06. The lowest BCUT2D eigenvalue weighted by molar-refractivity contribution is -0.114. The third kappa shape index (κ3) is 8.49. The van der Waals surface area contributed by atoms with Gasteiger partial charge >= 0.3 is 0 Å². The maximum atomic E-state index is 12.7. The summed E-state index contributed by atoms with van der Waals surface area (Å²) in [7, 11) is 1.74. The monoisotopic (exact) mass is 473 g/mol. The molecule has 0 heterocycles. The number of hydrogen-bond acceptors (Lipinski definition) is 4.